The van der Waals surface area contributed by atoms with Crippen molar-refractivity contribution >= 4 is 27.3 Å². The lowest BCUT2D eigenvalue weighted by Crippen LogP contribution is -2.40. The number of aryl methyl sites for hydroxylation is 1. The van der Waals surface area contributed by atoms with Crippen LogP contribution in [0.1, 0.15) is 18.1 Å². The summed E-state index contributed by atoms with van der Waals surface area (Å²) in [7, 11) is -4.24. The molecule has 2 N–H and O–H groups in total. The maximum Gasteiger partial charge on any atom is 0.264 e. The van der Waals surface area contributed by atoms with E-state index in [1.807, 2.05) is 6.92 Å². The number of nitrogens with one attached hydrogen (secondary N) is 1. The van der Waals surface area contributed by atoms with Crippen LogP contribution in [0.2, 0.25) is 0 Å². The van der Waals surface area contributed by atoms with Crippen molar-refractivity contribution in [2.24, 2.45) is 5.10 Å². The summed E-state index contributed by atoms with van der Waals surface area (Å²) in [5.41, 5.74) is 3.59. The Morgan fingerprint density at radius 2 is 1.66 bits per heavy atom. The van der Waals surface area contributed by atoms with Crippen molar-refractivity contribution in [1.82, 2.24) is 5.43 Å². The number of hydrazone groups is 1. The molecule has 1 amide bonds. The zero-order valence-corrected chi connectivity index (χ0v) is 18.3. The van der Waals surface area contributed by atoms with Gasteiger partial charge in [-0.25, -0.2) is 18.2 Å². The van der Waals surface area contributed by atoms with E-state index in [1.54, 1.807) is 37.3 Å². The van der Waals surface area contributed by atoms with Gasteiger partial charge in [0, 0.05) is 5.56 Å². The lowest BCUT2D eigenvalue weighted by Gasteiger charge is -2.24. The third kappa shape index (κ3) is 5.12. The number of carbonyl (C=O) groups is 1. The number of sulfonamides is 1. The first-order chi connectivity index (χ1) is 15.2. The number of phenolic OH excluding ortho intramolecular Hbond substituents is 1. The van der Waals surface area contributed by atoms with Crippen LogP contribution in [0.15, 0.2) is 82.8 Å². The molecule has 0 aliphatic carbocycles. The molecule has 0 heterocycles. The Morgan fingerprint density at radius 3 is 2.31 bits per heavy atom. The predicted molar refractivity (Wildman–Crippen MR) is 121 cm³/mol. The second-order valence-corrected chi connectivity index (χ2v) is 8.89. The minimum atomic E-state index is -4.24. The third-order valence-electron chi connectivity index (χ3n) is 4.66. The molecule has 3 aromatic carbocycles. The van der Waals surface area contributed by atoms with Gasteiger partial charge in [-0.15, -0.1) is 0 Å². The van der Waals surface area contributed by atoms with Crippen molar-refractivity contribution in [2.45, 2.75) is 18.7 Å². The van der Waals surface area contributed by atoms with Crippen molar-refractivity contribution in [2.75, 3.05) is 10.8 Å². The molecule has 32 heavy (non-hydrogen) atoms. The molecule has 9 heteroatoms. The molecule has 0 spiro atoms. The number of phenols is 1. The van der Waals surface area contributed by atoms with Gasteiger partial charge in [-0.2, -0.15) is 5.10 Å². The Kier molecular flexibility index (Phi) is 6.89. The highest BCUT2D eigenvalue weighted by Crippen LogP contribution is 2.26. The molecule has 0 saturated carbocycles. The van der Waals surface area contributed by atoms with Gasteiger partial charge in [-0.3, -0.25) is 9.10 Å². The minimum Gasteiger partial charge on any atom is -0.507 e. The van der Waals surface area contributed by atoms with Gasteiger partial charge in [0.15, 0.2) is 0 Å². The number of para-hydroxylation sites is 2. The maximum atomic E-state index is 14.5. The predicted octanol–water partition coefficient (Wildman–Crippen LogP) is 3.58. The van der Waals surface area contributed by atoms with Crippen LogP contribution < -0.4 is 9.73 Å². The number of benzene rings is 3. The van der Waals surface area contributed by atoms with Crippen molar-refractivity contribution in [3.8, 4) is 5.75 Å². The number of carbonyl (C=O) groups excluding carboxylic acids is 1. The van der Waals surface area contributed by atoms with Crippen molar-refractivity contribution in [3.63, 3.8) is 0 Å². The highest BCUT2D eigenvalue weighted by atomic mass is 32.2. The van der Waals surface area contributed by atoms with E-state index in [9.17, 15) is 22.7 Å². The van der Waals surface area contributed by atoms with Crippen LogP contribution in [0, 0.1) is 12.7 Å². The van der Waals surface area contributed by atoms with Gasteiger partial charge in [0.2, 0.25) is 0 Å². The second kappa shape index (κ2) is 9.61. The average Bonchev–Trinajstić information content (AvgIpc) is 2.77. The molecule has 3 aromatic rings. The number of hydrogen-bond acceptors (Lipinski definition) is 5. The summed E-state index contributed by atoms with van der Waals surface area (Å²) >= 11 is 0. The van der Waals surface area contributed by atoms with E-state index in [1.165, 1.54) is 36.4 Å². The van der Waals surface area contributed by atoms with Crippen LogP contribution in [-0.2, 0) is 14.8 Å². The van der Waals surface area contributed by atoms with E-state index in [0.29, 0.717) is 15.6 Å². The molecule has 0 bridgehead atoms. The summed E-state index contributed by atoms with van der Waals surface area (Å²) in [6.45, 7) is 2.69. The van der Waals surface area contributed by atoms with Crippen LogP contribution in [0.3, 0.4) is 0 Å². The van der Waals surface area contributed by atoms with Crippen LogP contribution in [0.4, 0.5) is 10.1 Å². The number of hydrogen-bond donors (Lipinski definition) is 2. The lowest BCUT2D eigenvalue weighted by molar-refractivity contribution is -0.119. The van der Waals surface area contributed by atoms with Crippen molar-refractivity contribution in [3.05, 3.63) is 89.7 Å². The van der Waals surface area contributed by atoms with E-state index in [-0.39, 0.29) is 16.3 Å². The van der Waals surface area contributed by atoms with Gasteiger partial charge >= 0.3 is 0 Å². The van der Waals surface area contributed by atoms with E-state index in [2.05, 4.69) is 10.5 Å². The fourth-order valence-corrected chi connectivity index (χ4v) is 4.37. The number of halogens is 1. The summed E-state index contributed by atoms with van der Waals surface area (Å²) in [6.07, 6.45) is 0. The SMILES string of the molecule is CC(=NNC(=O)CN(c1ccccc1F)S(=O)(=O)c1ccc(C)cc1)c1ccccc1O. The normalized spacial score (nSPS) is 11.8. The molecular formula is C23H22FN3O4S. The van der Waals surface area contributed by atoms with Gasteiger partial charge in [0.1, 0.15) is 18.1 Å². The first-order valence-electron chi connectivity index (χ1n) is 9.65. The Labute approximate surface area is 185 Å². The van der Waals surface area contributed by atoms with Crippen LogP contribution in [0.5, 0.6) is 5.75 Å². The highest BCUT2D eigenvalue weighted by Gasteiger charge is 2.29. The largest absolute Gasteiger partial charge is 0.507 e. The molecule has 7 nitrogen and oxygen atoms in total. The molecule has 166 valence electrons. The monoisotopic (exact) mass is 455 g/mol. The van der Waals surface area contributed by atoms with Gasteiger partial charge in [-0.1, -0.05) is 42.0 Å². The Hall–Kier alpha value is -3.72. The average molecular weight is 456 g/mol. The lowest BCUT2D eigenvalue weighted by atomic mass is 10.1. The van der Waals surface area contributed by atoms with Crippen molar-refractivity contribution in [1.29, 1.82) is 0 Å². The molecule has 0 radical (unpaired) electrons. The first kappa shape index (κ1) is 23.0. The Bertz CT molecular complexity index is 1260. The van der Waals surface area contributed by atoms with E-state index in [0.717, 1.165) is 11.6 Å². The van der Waals surface area contributed by atoms with Crippen LogP contribution in [0.25, 0.3) is 0 Å². The Balaban J connectivity index is 1.90. The standard InChI is InChI=1S/C23H22FN3O4S/c1-16-11-13-18(14-12-16)32(30,31)27(21-9-5-4-8-20(21)24)15-23(29)26-25-17(2)19-7-3-6-10-22(19)28/h3-14,28H,15H2,1-2H3,(H,26,29). The second-order valence-electron chi connectivity index (χ2n) is 7.03. The smallest absolute Gasteiger partial charge is 0.264 e. The zero-order valence-electron chi connectivity index (χ0n) is 17.5. The van der Waals surface area contributed by atoms with E-state index >= 15 is 0 Å². The molecule has 0 fully saturated rings. The van der Waals surface area contributed by atoms with E-state index in [4.69, 9.17) is 0 Å². The van der Waals surface area contributed by atoms with Gasteiger partial charge in [0.25, 0.3) is 15.9 Å². The summed E-state index contributed by atoms with van der Waals surface area (Å²) in [5, 5.41) is 13.8. The molecule has 0 aliphatic rings. The Morgan fingerprint density at radius 1 is 1.03 bits per heavy atom. The van der Waals surface area contributed by atoms with Gasteiger partial charge in [0.05, 0.1) is 16.3 Å². The number of nitrogens with zero attached hydrogens (tertiary/aromatic N) is 2. The zero-order chi connectivity index (χ0) is 23.3. The molecule has 3 rings (SSSR count). The van der Waals surface area contributed by atoms with Crippen LogP contribution in [-0.4, -0.2) is 31.7 Å². The molecule has 0 aliphatic heterocycles. The minimum absolute atomic E-state index is 0.0158. The summed E-state index contributed by atoms with van der Waals surface area (Å²) in [5.74, 6) is -1.58. The molecule has 0 saturated heterocycles. The fourth-order valence-electron chi connectivity index (χ4n) is 2.94. The summed E-state index contributed by atoms with van der Waals surface area (Å²) in [6, 6.07) is 17.8. The van der Waals surface area contributed by atoms with Gasteiger partial charge in [-0.05, 0) is 50.2 Å². The van der Waals surface area contributed by atoms with Crippen LogP contribution >= 0.6 is 0 Å². The summed E-state index contributed by atoms with van der Waals surface area (Å²) in [4.78, 5) is 12.5. The number of anilines is 1. The van der Waals surface area contributed by atoms with E-state index < -0.39 is 28.3 Å². The van der Waals surface area contributed by atoms with Gasteiger partial charge < -0.3 is 5.11 Å². The molecule has 0 unspecified atom stereocenters. The summed E-state index contributed by atoms with van der Waals surface area (Å²) < 4.78 is 41.7. The third-order valence-corrected chi connectivity index (χ3v) is 6.43. The first-order valence-corrected chi connectivity index (χ1v) is 11.1. The number of amides is 1. The maximum absolute atomic E-state index is 14.5. The molecule has 0 atom stereocenters. The fraction of sp³-hybridized carbons (Fsp3) is 0.130. The number of aromatic hydroxyl groups is 1. The molecular weight excluding hydrogens is 433 g/mol. The highest BCUT2D eigenvalue weighted by molar-refractivity contribution is 7.92. The quantitative estimate of drug-likeness (QED) is 0.420. The topological polar surface area (TPSA) is 99.1 Å². The van der Waals surface area contributed by atoms with Crippen molar-refractivity contribution < 1.29 is 22.7 Å². The molecule has 0 aromatic heterocycles. The number of rotatable bonds is 7.